The van der Waals surface area contributed by atoms with Gasteiger partial charge in [0, 0.05) is 23.9 Å². The van der Waals surface area contributed by atoms with E-state index in [1.807, 2.05) is 20.8 Å². The van der Waals surface area contributed by atoms with Crippen molar-refractivity contribution in [2.75, 3.05) is 5.32 Å². The zero-order valence-corrected chi connectivity index (χ0v) is 13.5. The van der Waals surface area contributed by atoms with Crippen molar-refractivity contribution in [2.24, 2.45) is 0 Å². The fraction of sp³-hybridized carbons (Fsp3) is 0.235. The maximum atomic E-state index is 10.9. The molecule has 2 N–H and O–H groups in total. The highest BCUT2D eigenvalue weighted by Gasteiger charge is 2.14. The van der Waals surface area contributed by atoms with Gasteiger partial charge in [-0.1, -0.05) is 0 Å². The van der Waals surface area contributed by atoms with E-state index in [1.54, 1.807) is 24.3 Å². The zero-order valence-electron chi connectivity index (χ0n) is 13.5. The van der Waals surface area contributed by atoms with Crippen molar-refractivity contribution in [1.82, 2.24) is 9.97 Å². The summed E-state index contributed by atoms with van der Waals surface area (Å²) in [6.07, 6.45) is 1.39. The van der Waals surface area contributed by atoms with Crippen molar-refractivity contribution < 1.29 is 19.1 Å². The molecule has 2 heterocycles. The van der Waals surface area contributed by atoms with Gasteiger partial charge in [0.15, 0.2) is 11.3 Å². The van der Waals surface area contributed by atoms with E-state index in [9.17, 15) is 4.79 Å². The molecule has 0 aliphatic rings. The van der Waals surface area contributed by atoms with Crippen LogP contribution in [0.3, 0.4) is 0 Å². The maximum Gasteiger partial charge on any atom is 0.354 e. The van der Waals surface area contributed by atoms with Crippen LogP contribution in [0.4, 0.5) is 6.01 Å². The molecule has 0 amide bonds. The number of hydrogen-bond donors (Lipinski definition) is 2. The topological polar surface area (TPSA) is 97.5 Å². The third-order valence-electron chi connectivity index (χ3n) is 3.03. The number of aromatic carboxylic acids is 1. The third kappa shape index (κ3) is 3.62. The quantitative estimate of drug-likeness (QED) is 0.749. The molecule has 0 bridgehead atoms. The van der Waals surface area contributed by atoms with Gasteiger partial charge in [0.05, 0.1) is 0 Å². The summed E-state index contributed by atoms with van der Waals surface area (Å²) >= 11 is 0. The standard InChI is InChI=1S/C17H17N3O4/c1-17(2,3)20-16-19-12-5-4-10(9-14(12)24-16)23-11-6-7-18-13(8-11)15(21)22/h4-9H,1-3H3,(H,19,20)(H,21,22). The van der Waals surface area contributed by atoms with Crippen LogP contribution < -0.4 is 10.1 Å². The lowest BCUT2D eigenvalue weighted by Crippen LogP contribution is -2.26. The average Bonchev–Trinajstić information content (AvgIpc) is 2.86. The summed E-state index contributed by atoms with van der Waals surface area (Å²) in [6.45, 7) is 6.04. The van der Waals surface area contributed by atoms with Gasteiger partial charge in [-0.15, -0.1) is 0 Å². The molecule has 7 heteroatoms. The molecule has 1 aromatic carbocycles. The van der Waals surface area contributed by atoms with E-state index in [0.29, 0.717) is 28.6 Å². The highest BCUT2D eigenvalue weighted by molar-refractivity contribution is 5.85. The minimum Gasteiger partial charge on any atom is -0.477 e. The Labute approximate surface area is 138 Å². The van der Waals surface area contributed by atoms with Crippen molar-refractivity contribution in [3.63, 3.8) is 0 Å². The van der Waals surface area contributed by atoms with Gasteiger partial charge in [0.2, 0.25) is 0 Å². The Morgan fingerprint density at radius 2 is 1.96 bits per heavy atom. The summed E-state index contributed by atoms with van der Waals surface area (Å²) in [5, 5.41) is 12.1. The predicted molar refractivity (Wildman–Crippen MR) is 88.7 cm³/mol. The van der Waals surface area contributed by atoms with Crippen LogP contribution in [0.25, 0.3) is 11.1 Å². The number of pyridine rings is 1. The van der Waals surface area contributed by atoms with E-state index in [-0.39, 0.29) is 11.2 Å². The number of ether oxygens (including phenoxy) is 1. The Bertz CT molecular complexity index is 896. The van der Waals surface area contributed by atoms with Crippen LogP contribution in [0, 0.1) is 0 Å². The number of nitrogens with one attached hydrogen (secondary N) is 1. The molecule has 0 saturated carbocycles. The lowest BCUT2D eigenvalue weighted by atomic mass is 10.1. The smallest absolute Gasteiger partial charge is 0.354 e. The first-order valence-corrected chi connectivity index (χ1v) is 7.36. The first-order valence-electron chi connectivity index (χ1n) is 7.36. The zero-order chi connectivity index (χ0) is 17.3. The van der Waals surface area contributed by atoms with E-state index >= 15 is 0 Å². The summed E-state index contributed by atoms with van der Waals surface area (Å²) < 4.78 is 11.4. The van der Waals surface area contributed by atoms with Gasteiger partial charge < -0.3 is 19.6 Å². The number of benzene rings is 1. The first-order chi connectivity index (χ1) is 11.3. The Kier molecular flexibility index (Phi) is 3.84. The molecule has 124 valence electrons. The molecule has 7 nitrogen and oxygen atoms in total. The number of rotatable bonds is 4. The molecular formula is C17H17N3O4. The molecule has 0 spiro atoms. The number of carbonyl (C=O) groups is 1. The molecule has 2 aromatic heterocycles. The molecule has 3 rings (SSSR count). The number of aromatic nitrogens is 2. The Balaban J connectivity index is 1.85. The summed E-state index contributed by atoms with van der Waals surface area (Å²) in [6, 6.07) is 8.61. The SMILES string of the molecule is CC(C)(C)Nc1nc2ccc(Oc3ccnc(C(=O)O)c3)cc2o1. The van der Waals surface area contributed by atoms with Gasteiger partial charge in [-0.3, -0.25) is 0 Å². The number of carboxylic acids is 1. The van der Waals surface area contributed by atoms with Crippen LogP contribution in [0.5, 0.6) is 11.5 Å². The average molecular weight is 327 g/mol. The third-order valence-corrected chi connectivity index (χ3v) is 3.03. The molecule has 0 aliphatic heterocycles. The molecule has 0 aliphatic carbocycles. The first kappa shape index (κ1) is 15.8. The van der Waals surface area contributed by atoms with Crippen LogP contribution in [0.2, 0.25) is 0 Å². The fourth-order valence-electron chi connectivity index (χ4n) is 2.07. The predicted octanol–water partition coefficient (Wildman–Crippen LogP) is 3.92. The van der Waals surface area contributed by atoms with Crippen LogP contribution in [0.15, 0.2) is 40.9 Å². The molecule has 3 aromatic rings. The van der Waals surface area contributed by atoms with E-state index < -0.39 is 5.97 Å². The van der Waals surface area contributed by atoms with Crippen LogP contribution in [-0.4, -0.2) is 26.6 Å². The van der Waals surface area contributed by atoms with E-state index in [1.165, 1.54) is 12.3 Å². The van der Waals surface area contributed by atoms with Crippen LogP contribution in [-0.2, 0) is 0 Å². The van der Waals surface area contributed by atoms with Crippen molar-refractivity contribution >= 4 is 23.1 Å². The van der Waals surface area contributed by atoms with E-state index in [2.05, 4.69) is 15.3 Å². The molecule has 0 radical (unpaired) electrons. The fourth-order valence-corrected chi connectivity index (χ4v) is 2.07. The largest absolute Gasteiger partial charge is 0.477 e. The monoisotopic (exact) mass is 327 g/mol. The van der Waals surface area contributed by atoms with Gasteiger partial charge in [-0.05, 0) is 39.0 Å². The Morgan fingerprint density at radius 1 is 1.21 bits per heavy atom. The number of hydrogen-bond acceptors (Lipinski definition) is 6. The van der Waals surface area contributed by atoms with Gasteiger partial charge >= 0.3 is 5.97 Å². The molecule has 0 fully saturated rings. The Morgan fingerprint density at radius 3 is 2.67 bits per heavy atom. The van der Waals surface area contributed by atoms with Crippen LogP contribution >= 0.6 is 0 Å². The van der Waals surface area contributed by atoms with Gasteiger partial charge in [-0.25, -0.2) is 9.78 Å². The second-order valence-electron chi connectivity index (χ2n) is 6.31. The van der Waals surface area contributed by atoms with Gasteiger partial charge in [0.25, 0.3) is 6.01 Å². The summed E-state index contributed by atoms with van der Waals surface area (Å²) in [5.41, 5.74) is 1.04. The summed E-state index contributed by atoms with van der Waals surface area (Å²) in [5.74, 6) is -0.207. The van der Waals surface area contributed by atoms with Crippen molar-refractivity contribution in [3.8, 4) is 11.5 Å². The van der Waals surface area contributed by atoms with Gasteiger partial charge in [0.1, 0.15) is 17.0 Å². The lowest BCUT2D eigenvalue weighted by Gasteiger charge is -2.18. The molecule has 0 saturated heterocycles. The number of nitrogens with zero attached hydrogens (tertiary/aromatic N) is 2. The molecular weight excluding hydrogens is 310 g/mol. The number of oxazole rings is 1. The molecule has 0 unspecified atom stereocenters. The number of fused-ring (bicyclic) bond motifs is 1. The normalized spacial score (nSPS) is 11.5. The van der Waals surface area contributed by atoms with Crippen molar-refractivity contribution in [2.45, 2.75) is 26.3 Å². The minimum atomic E-state index is -1.11. The van der Waals surface area contributed by atoms with Crippen LogP contribution in [0.1, 0.15) is 31.3 Å². The van der Waals surface area contributed by atoms with Crippen molar-refractivity contribution in [3.05, 3.63) is 42.2 Å². The second-order valence-corrected chi connectivity index (χ2v) is 6.31. The Hall–Kier alpha value is -3.09. The number of anilines is 1. The highest BCUT2D eigenvalue weighted by atomic mass is 16.5. The minimum absolute atomic E-state index is 0.0788. The lowest BCUT2D eigenvalue weighted by molar-refractivity contribution is 0.0690. The molecule has 24 heavy (non-hydrogen) atoms. The molecule has 0 atom stereocenters. The van der Waals surface area contributed by atoms with Gasteiger partial charge in [-0.2, -0.15) is 4.98 Å². The van der Waals surface area contributed by atoms with E-state index in [4.69, 9.17) is 14.3 Å². The maximum absolute atomic E-state index is 10.9. The number of carboxylic acid groups (broad SMARTS) is 1. The second kappa shape index (κ2) is 5.84. The summed E-state index contributed by atoms with van der Waals surface area (Å²) in [7, 11) is 0. The van der Waals surface area contributed by atoms with E-state index in [0.717, 1.165) is 0 Å². The summed E-state index contributed by atoms with van der Waals surface area (Å²) in [4.78, 5) is 19.1. The van der Waals surface area contributed by atoms with Crippen molar-refractivity contribution in [1.29, 1.82) is 0 Å². The highest BCUT2D eigenvalue weighted by Crippen LogP contribution is 2.28.